The van der Waals surface area contributed by atoms with Crippen molar-refractivity contribution in [2.75, 3.05) is 41.2 Å². The van der Waals surface area contributed by atoms with Gasteiger partial charge < -0.3 is 31.4 Å². The molecule has 0 bridgehead atoms. The quantitative estimate of drug-likeness (QED) is 0.0481. The molecule has 0 saturated carbocycles. The third kappa shape index (κ3) is 58.7. The predicted molar refractivity (Wildman–Crippen MR) is 301 cm³/mol. The minimum atomic E-state index is -2.39. The molecule has 0 amide bonds. The van der Waals surface area contributed by atoms with Crippen LogP contribution in [0.3, 0.4) is 0 Å². The molecule has 1 N–H and O–H groups in total. The molecule has 0 aliphatic rings. The Morgan fingerprint density at radius 2 is 0.470 bits per heavy atom. The van der Waals surface area contributed by atoms with Crippen LogP contribution < -0.4 is 0 Å². The van der Waals surface area contributed by atoms with E-state index >= 15 is 0 Å². The number of hydrogen-bond donors (Lipinski definition) is 1. The average Bonchev–Trinajstić information content (AvgIpc) is 3.33. The van der Waals surface area contributed by atoms with E-state index in [0.717, 1.165) is 24.6 Å². The third-order valence-corrected chi connectivity index (χ3v) is 19.5. The molecule has 0 aromatic carbocycles. The Morgan fingerprint density at radius 3 is 0.667 bits per heavy atom. The molecule has 0 radical (unpaired) electrons. The first-order valence-corrected chi connectivity index (χ1v) is 35.0. The second-order valence-corrected chi connectivity index (χ2v) is 25.9. The Balaban J connectivity index is -0.000000400. The highest BCUT2D eigenvalue weighted by molar-refractivity contribution is 6.61. The van der Waals surface area contributed by atoms with Crippen LogP contribution in [0, 0.1) is 0 Å². The standard InChI is InChI=1S/C18H40O3Si.C15H34O3Si.C13H28.C10H24OSi/c1-5-9-10-11-12-13-14-15-16-17-18-22(19-6-2,20-7-3)21-8-4;1-5-6-7-8-9-10-11-12-13-14-15-19(16-2,17-3)18-4;1-3-5-7-9-11-13-12-10-8-6-4-2;1-2-3-4-5-6-7-8-9-10-12-11/h5-18H2,1-4H3;5-15H2,1-4H3;3-13H2,1-2H3;11H,2-10,12H2,1H3. The Kier molecular flexibility index (Phi) is 72.2. The maximum atomic E-state index is 8.68. The van der Waals surface area contributed by atoms with E-state index in [-0.39, 0.29) is 0 Å². The van der Waals surface area contributed by atoms with Gasteiger partial charge in [-0.3, -0.25) is 0 Å². The van der Waals surface area contributed by atoms with Crippen molar-refractivity contribution in [2.45, 2.75) is 324 Å². The van der Waals surface area contributed by atoms with E-state index in [9.17, 15) is 0 Å². The third-order valence-electron chi connectivity index (χ3n) is 12.7. The fourth-order valence-corrected chi connectivity index (χ4v) is 13.4. The van der Waals surface area contributed by atoms with Crippen LogP contribution in [0.25, 0.3) is 0 Å². The van der Waals surface area contributed by atoms with Crippen molar-refractivity contribution in [1.29, 1.82) is 0 Å². The van der Waals surface area contributed by atoms with Crippen LogP contribution in [-0.4, -0.2) is 73.3 Å². The van der Waals surface area contributed by atoms with Gasteiger partial charge in [0.2, 0.25) is 0 Å². The van der Waals surface area contributed by atoms with Crippen molar-refractivity contribution >= 4 is 27.4 Å². The minimum Gasteiger partial charge on any atom is -0.438 e. The van der Waals surface area contributed by atoms with Gasteiger partial charge in [-0.25, -0.2) is 0 Å². The Bertz CT molecular complexity index is 764. The lowest BCUT2D eigenvalue weighted by Crippen LogP contribution is -2.45. The summed E-state index contributed by atoms with van der Waals surface area (Å²) in [7, 11) is -0.257. The van der Waals surface area contributed by atoms with E-state index in [1.807, 2.05) is 20.8 Å². The van der Waals surface area contributed by atoms with Crippen molar-refractivity contribution in [1.82, 2.24) is 0 Å². The van der Waals surface area contributed by atoms with Crippen LogP contribution in [0.1, 0.15) is 306 Å². The van der Waals surface area contributed by atoms with Crippen LogP contribution in [0.2, 0.25) is 18.1 Å². The van der Waals surface area contributed by atoms with Gasteiger partial charge in [0.05, 0.1) is 0 Å². The Morgan fingerprint density at radius 1 is 0.273 bits per heavy atom. The molecule has 0 rings (SSSR count). The maximum Gasteiger partial charge on any atom is 0.500 e. The molecule has 0 saturated heterocycles. The fourth-order valence-electron chi connectivity index (χ4n) is 8.38. The van der Waals surface area contributed by atoms with Gasteiger partial charge in [-0.05, 0) is 39.7 Å². The molecule has 0 heterocycles. The first kappa shape index (κ1) is 72.9. The van der Waals surface area contributed by atoms with Crippen LogP contribution in [0.5, 0.6) is 0 Å². The van der Waals surface area contributed by atoms with Crippen LogP contribution in [-0.2, 0) is 26.6 Å². The summed E-state index contributed by atoms with van der Waals surface area (Å²) in [6.45, 7) is 19.5. The highest BCUT2D eigenvalue weighted by Gasteiger charge is 2.39. The summed E-state index contributed by atoms with van der Waals surface area (Å²) >= 11 is 0. The van der Waals surface area contributed by atoms with Crippen LogP contribution >= 0.6 is 0 Å². The van der Waals surface area contributed by atoms with Crippen molar-refractivity contribution in [2.24, 2.45) is 0 Å². The number of rotatable bonds is 50. The summed E-state index contributed by atoms with van der Waals surface area (Å²) in [5.74, 6) is 0. The van der Waals surface area contributed by atoms with Gasteiger partial charge in [0, 0.05) is 53.2 Å². The van der Waals surface area contributed by atoms with E-state index in [1.54, 1.807) is 21.3 Å². The molecule has 10 heteroatoms. The molecular weight excluding hydrogens is 869 g/mol. The normalized spacial score (nSPS) is 11.6. The van der Waals surface area contributed by atoms with Crippen molar-refractivity contribution in [3.63, 3.8) is 0 Å². The molecule has 0 atom stereocenters. The summed E-state index contributed by atoms with van der Waals surface area (Å²) in [4.78, 5) is 8.68. The second-order valence-electron chi connectivity index (χ2n) is 18.9. The Hall–Kier alpha value is 0.371. The van der Waals surface area contributed by atoms with Crippen LogP contribution in [0.4, 0.5) is 0 Å². The van der Waals surface area contributed by atoms with E-state index in [4.69, 9.17) is 31.4 Å². The van der Waals surface area contributed by atoms with Crippen molar-refractivity contribution in [3.8, 4) is 0 Å². The molecule has 0 fully saturated rings. The highest BCUT2D eigenvalue weighted by Crippen LogP contribution is 2.22. The first-order valence-electron chi connectivity index (χ1n) is 29.5. The van der Waals surface area contributed by atoms with Gasteiger partial charge in [-0.1, -0.05) is 272 Å². The zero-order chi connectivity index (χ0) is 49.8. The summed E-state index contributed by atoms with van der Waals surface area (Å²) in [5, 5.41) is 0. The molecule has 0 aromatic rings. The smallest absolute Gasteiger partial charge is 0.438 e. The topological polar surface area (TPSA) is 75.6 Å². The summed E-state index contributed by atoms with van der Waals surface area (Å²) < 4.78 is 33.9. The van der Waals surface area contributed by atoms with E-state index < -0.39 is 27.4 Å². The summed E-state index contributed by atoms with van der Waals surface area (Å²) in [5.41, 5.74) is 0. The van der Waals surface area contributed by atoms with Gasteiger partial charge in [-0.2, -0.15) is 0 Å². The molecule has 0 aliphatic carbocycles. The number of unbranched alkanes of at least 4 members (excludes halogenated alkanes) is 35. The summed E-state index contributed by atoms with van der Waals surface area (Å²) in [6, 6.07) is 3.04. The molecule has 404 valence electrons. The second kappa shape index (κ2) is 65.4. The minimum absolute atomic E-state index is 0.634. The lowest BCUT2D eigenvalue weighted by atomic mass is 10.1. The maximum absolute atomic E-state index is 8.68. The van der Waals surface area contributed by atoms with E-state index in [2.05, 4.69) is 34.6 Å². The van der Waals surface area contributed by atoms with Gasteiger partial charge in [0.25, 0.3) is 0 Å². The van der Waals surface area contributed by atoms with E-state index in [1.165, 1.54) is 244 Å². The fraction of sp³-hybridized carbons (Fsp3) is 1.00. The lowest BCUT2D eigenvalue weighted by Gasteiger charge is -2.28. The van der Waals surface area contributed by atoms with Gasteiger partial charge in [-0.15, -0.1) is 0 Å². The van der Waals surface area contributed by atoms with Crippen molar-refractivity contribution < 1.29 is 31.4 Å². The molecule has 0 unspecified atom stereocenters. The van der Waals surface area contributed by atoms with Crippen molar-refractivity contribution in [3.05, 3.63) is 0 Å². The van der Waals surface area contributed by atoms with Crippen LogP contribution in [0.15, 0.2) is 0 Å². The zero-order valence-electron chi connectivity index (χ0n) is 47.4. The van der Waals surface area contributed by atoms with Gasteiger partial charge in [0.1, 0.15) is 0 Å². The monoisotopic (exact) mass is 995 g/mol. The average molecular weight is 996 g/mol. The largest absolute Gasteiger partial charge is 0.500 e. The SMILES string of the molecule is CCCCCCCCCCCCC.CCCCCCCCCCCC[Si](OC)(OC)OC.CCCCCCCCCCCC[Si](OCC)(OCC)OCC.CCCCCCCCCC[SiH2]O. The summed E-state index contributed by atoms with van der Waals surface area (Å²) in [6.07, 6.45) is 54.0. The number of hydrogen-bond acceptors (Lipinski definition) is 7. The molecule has 66 heavy (non-hydrogen) atoms. The van der Waals surface area contributed by atoms with Gasteiger partial charge in [0.15, 0.2) is 9.76 Å². The molecule has 7 nitrogen and oxygen atoms in total. The molecule has 0 aliphatic heterocycles. The molecular formula is C56H126O7Si3. The van der Waals surface area contributed by atoms with Gasteiger partial charge >= 0.3 is 17.6 Å². The zero-order valence-corrected chi connectivity index (χ0v) is 50.8. The van der Waals surface area contributed by atoms with E-state index in [0.29, 0.717) is 19.8 Å². The molecule has 0 aromatic heterocycles. The highest BCUT2D eigenvalue weighted by atomic mass is 28.4. The Labute approximate surface area is 422 Å². The lowest BCUT2D eigenvalue weighted by molar-refractivity contribution is 0.0706. The predicted octanol–water partition coefficient (Wildman–Crippen LogP) is 18.7. The molecule has 0 spiro atoms. The first-order chi connectivity index (χ1) is 32.3.